The van der Waals surface area contributed by atoms with Crippen LogP contribution in [0.25, 0.3) is 0 Å². The van der Waals surface area contributed by atoms with Gasteiger partial charge in [0.2, 0.25) is 0 Å². The van der Waals surface area contributed by atoms with Crippen LogP contribution in [0.5, 0.6) is 0 Å². The topological polar surface area (TPSA) is 41.6 Å². The zero-order valence-corrected chi connectivity index (χ0v) is 12.3. The second kappa shape index (κ2) is 4.38. The number of hydrogen-bond donors (Lipinski definition) is 1. The molecule has 4 heteroatoms. The highest BCUT2D eigenvalue weighted by atomic mass is 32.2. The molecule has 17 heavy (non-hydrogen) atoms. The highest BCUT2D eigenvalue weighted by Gasteiger charge is 2.55. The van der Waals surface area contributed by atoms with E-state index in [1.165, 1.54) is 12.2 Å². The fraction of sp³-hybridized carbons (Fsp3) is 0.923. The van der Waals surface area contributed by atoms with E-state index in [0.29, 0.717) is 11.5 Å². The van der Waals surface area contributed by atoms with E-state index >= 15 is 0 Å². The van der Waals surface area contributed by atoms with Gasteiger partial charge in [-0.2, -0.15) is 11.8 Å². The maximum absolute atomic E-state index is 6.15. The molecule has 2 aliphatic heterocycles. The van der Waals surface area contributed by atoms with Crippen LogP contribution in [-0.4, -0.2) is 40.5 Å². The molecule has 2 heterocycles. The summed E-state index contributed by atoms with van der Waals surface area (Å²) in [7, 11) is 0. The minimum atomic E-state index is 0.148. The van der Waals surface area contributed by atoms with Gasteiger partial charge >= 0.3 is 0 Å². The lowest BCUT2D eigenvalue weighted by Crippen LogP contribution is -2.65. The SMILES string of the molecule is CCC(C)N1C(N)=NCC12CSCCC2(C)C. The van der Waals surface area contributed by atoms with Gasteiger partial charge in [0.15, 0.2) is 5.96 Å². The van der Waals surface area contributed by atoms with Crippen molar-refractivity contribution in [2.75, 3.05) is 18.1 Å². The highest BCUT2D eigenvalue weighted by Crippen LogP contribution is 2.48. The van der Waals surface area contributed by atoms with Crippen molar-refractivity contribution in [2.24, 2.45) is 16.1 Å². The van der Waals surface area contributed by atoms with E-state index in [4.69, 9.17) is 5.73 Å². The zero-order valence-electron chi connectivity index (χ0n) is 11.5. The Bertz CT molecular complexity index is 327. The van der Waals surface area contributed by atoms with Gasteiger partial charge in [0, 0.05) is 11.8 Å². The van der Waals surface area contributed by atoms with E-state index in [1.54, 1.807) is 0 Å². The Balaban J connectivity index is 2.35. The summed E-state index contributed by atoms with van der Waals surface area (Å²) in [6.45, 7) is 10.1. The molecular weight excluding hydrogens is 230 g/mol. The molecule has 1 fully saturated rings. The van der Waals surface area contributed by atoms with Gasteiger partial charge in [-0.15, -0.1) is 0 Å². The molecule has 98 valence electrons. The first-order chi connectivity index (χ1) is 7.94. The zero-order chi connectivity index (χ0) is 12.7. The number of rotatable bonds is 2. The van der Waals surface area contributed by atoms with Crippen LogP contribution in [0.1, 0.15) is 40.5 Å². The number of guanidine groups is 1. The van der Waals surface area contributed by atoms with Crippen molar-refractivity contribution in [2.45, 2.75) is 52.1 Å². The molecule has 0 amide bonds. The monoisotopic (exact) mass is 255 g/mol. The summed E-state index contributed by atoms with van der Waals surface area (Å²) in [5.74, 6) is 3.19. The van der Waals surface area contributed by atoms with Crippen LogP contribution in [0.2, 0.25) is 0 Å². The van der Waals surface area contributed by atoms with Crippen molar-refractivity contribution in [1.29, 1.82) is 0 Å². The second-order valence-corrected chi connectivity index (χ2v) is 7.12. The highest BCUT2D eigenvalue weighted by molar-refractivity contribution is 7.99. The Kier molecular flexibility index (Phi) is 3.36. The van der Waals surface area contributed by atoms with E-state index in [1.807, 2.05) is 0 Å². The Morgan fingerprint density at radius 2 is 2.24 bits per heavy atom. The predicted octanol–water partition coefficient (Wildman–Crippen LogP) is 2.32. The summed E-state index contributed by atoms with van der Waals surface area (Å²) in [5, 5.41) is 0. The molecule has 3 nitrogen and oxygen atoms in total. The number of hydrogen-bond acceptors (Lipinski definition) is 4. The van der Waals surface area contributed by atoms with Crippen molar-refractivity contribution in [1.82, 2.24) is 4.90 Å². The molecule has 0 aromatic carbocycles. The molecular formula is C13H25N3S. The Morgan fingerprint density at radius 3 is 2.82 bits per heavy atom. The molecule has 2 aliphatic rings. The molecule has 0 aliphatic carbocycles. The van der Waals surface area contributed by atoms with Gasteiger partial charge < -0.3 is 10.6 Å². The molecule has 2 unspecified atom stereocenters. The average Bonchev–Trinajstić information content (AvgIpc) is 2.61. The lowest BCUT2D eigenvalue weighted by molar-refractivity contribution is 0.0421. The molecule has 0 bridgehead atoms. The number of nitrogens with two attached hydrogens (primary N) is 1. The van der Waals surface area contributed by atoms with Crippen molar-refractivity contribution >= 4 is 17.7 Å². The van der Waals surface area contributed by atoms with E-state index in [2.05, 4.69) is 49.3 Å². The first-order valence-corrected chi connectivity index (χ1v) is 7.77. The van der Waals surface area contributed by atoms with Crippen molar-refractivity contribution in [3.05, 3.63) is 0 Å². The summed E-state index contributed by atoms with van der Waals surface area (Å²) in [6, 6.07) is 0.485. The van der Waals surface area contributed by atoms with Gasteiger partial charge in [-0.3, -0.25) is 4.99 Å². The average molecular weight is 255 g/mol. The van der Waals surface area contributed by atoms with Gasteiger partial charge in [0.05, 0.1) is 12.1 Å². The van der Waals surface area contributed by atoms with Crippen LogP contribution in [0, 0.1) is 5.41 Å². The summed E-state index contributed by atoms with van der Waals surface area (Å²) < 4.78 is 0. The van der Waals surface area contributed by atoms with Crippen LogP contribution in [0.3, 0.4) is 0 Å². The van der Waals surface area contributed by atoms with Gasteiger partial charge in [0.1, 0.15) is 0 Å². The van der Waals surface area contributed by atoms with Crippen molar-refractivity contribution in [3.63, 3.8) is 0 Å². The normalized spacial score (nSPS) is 33.9. The molecule has 0 aromatic heterocycles. The smallest absolute Gasteiger partial charge is 0.192 e. The molecule has 0 aromatic rings. The molecule has 2 rings (SSSR count). The van der Waals surface area contributed by atoms with E-state index in [-0.39, 0.29) is 5.54 Å². The summed E-state index contributed by atoms with van der Waals surface area (Å²) >= 11 is 2.06. The van der Waals surface area contributed by atoms with E-state index < -0.39 is 0 Å². The summed E-state index contributed by atoms with van der Waals surface area (Å²) in [4.78, 5) is 6.98. The number of aliphatic imine (C=N–C) groups is 1. The summed E-state index contributed by atoms with van der Waals surface area (Å²) in [6.07, 6.45) is 2.38. The quantitative estimate of drug-likeness (QED) is 0.823. The third-order valence-corrected chi connectivity index (χ3v) is 5.89. The lowest BCUT2D eigenvalue weighted by atomic mass is 9.69. The van der Waals surface area contributed by atoms with Gasteiger partial charge in [-0.05, 0) is 30.9 Å². The lowest BCUT2D eigenvalue weighted by Gasteiger charge is -2.54. The first kappa shape index (κ1) is 13.1. The largest absolute Gasteiger partial charge is 0.370 e. The molecule has 1 spiro atoms. The van der Waals surface area contributed by atoms with Crippen LogP contribution >= 0.6 is 11.8 Å². The fourth-order valence-electron chi connectivity index (χ4n) is 3.07. The van der Waals surface area contributed by atoms with Gasteiger partial charge in [-0.25, -0.2) is 0 Å². The van der Waals surface area contributed by atoms with Gasteiger partial charge in [-0.1, -0.05) is 20.8 Å². The number of nitrogens with zero attached hydrogens (tertiary/aromatic N) is 2. The molecule has 0 saturated carbocycles. The maximum Gasteiger partial charge on any atom is 0.192 e. The van der Waals surface area contributed by atoms with E-state index in [0.717, 1.165) is 24.7 Å². The van der Waals surface area contributed by atoms with E-state index in [9.17, 15) is 0 Å². The first-order valence-electron chi connectivity index (χ1n) is 6.61. The van der Waals surface area contributed by atoms with Crippen LogP contribution < -0.4 is 5.73 Å². The summed E-state index contributed by atoms with van der Waals surface area (Å²) in [5.41, 5.74) is 6.59. The maximum atomic E-state index is 6.15. The molecule has 1 saturated heterocycles. The minimum Gasteiger partial charge on any atom is -0.370 e. The molecule has 2 N–H and O–H groups in total. The van der Waals surface area contributed by atoms with Crippen LogP contribution in [-0.2, 0) is 0 Å². The van der Waals surface area contributed by atoms with Gasteiger partial charge in [0.25, 0.3) is 0 Å². The predicted molar refractivity (Wildman–Crippen MR) is 76.5 cm³/mol. The third-order valence-electron chi connectivity index (χ3n) is 4.71. The third kappa shape index (κ3) is 1.85. The number of thioether (sulfide) groups is 1. The fourth-order valence-corrected chi connectivity index (χ4v) is 4.82. The standard InChI is InChI=1S/C13H25N3S/c1-5-10(2)16-11(14)15-8-13(16)9-17-7-6-12(13,3)4/h10H,5-9H2,1-4H3,(H2,14,15). The van der Waals surface area contributed by atoms with Crippen molar-refractivity contribution in [3.8, 4) is 0 Å². The molecule has 0 radical (unpaired) electrons. The van der Waals surface area contributed by atoms with Crippen LogP contribution in [0.4, 0.5) is 0 Å². The van der Waals surface area contributed by atoms with Crippen molar-refractivity contribution < 1.29 is 0 Å². The molecule has 2 atom stereocenters. The Labute approximate surface area is 109 Å². The Hall–Kier alpha value is -0.380. The van der Waals surface area contributed by atoms with Crippen LogP contribution in [0.15, 0.2) is 4.99 Å². The minimum absolute atomic E-state index is 0.148. The Morgan fingerprint density at radius 1 is 1.53 bits per heavy atom. The second-order valence-electron chi connectivity index (χ2n) is 6.02.